The topological polar surface area (TPSA) is 6.48 Å². The number of nitrogens with zero attached hydrogens (tertiary/aromatic N) is 2. The highest BCUT2D eigenvalue weighted by Gasteiger charge is 2.25. The summed E-state index contributed by atoms with van der Waals surface area (Å²) in [5.74, 6) is 0. The van der Waals surface area contributed by atoms with E-state index in [9.17, 15) is 0 Å². The van der Waals surface area contributed by atoms with Crippen LogP contribution in [0.2, 0.25) is 0 Å². The lowest BCUT2D eigenvalue weighted by Gasteiger charge is -2.33. The zero-order valence-electron chi connectivity index (χ0n) is 17.9. The van der Waals surface area contributed by atoms with E-state index >= 15 is 0 Å². The molecule has 0 fully saturated rings. The summed E-state index contributed by atoms with van der Waals surface area (Å²) in [5, 5.41) is 0. The van der Waals surface area contributed by atoms with Crippen molar-refractivity contribution in [2.45, 2.75) is 104 Å². The fourth-order valence-electron chi connectivity index (χ4n) is 4.07. The molecule has 0 aliphatic carbocycles. The summed E-state index contributed by atoms with van der Waals surface area (Å²) in [6, 6.07) is 10.9. The lowest BCUT2D eigenvalue weighted by molar-refractivity contribution is 0.132. The maximum atomic E-state index is 2.61. The van der Waals surface area contributed by atoms with Crippen molar-refractivity contribution in [3.63, 3.8) is 0 Å². The Morgan fingerprint density at radius 2 is 1.26 bits per heavy atom. The second kappa shape index (κ2) is 13.7. The lowest BCUT2D eigenvalue weighted by atomic mass is 10.1. The fourth-order valence-corrected chi connectivity index (χ4v) is 4.07. The zero-order chi connectivity index (χ0) is 19.2. The first kappa shape index (κ1) is 21.9. The summed E-state index contributed by atoms with van der Waals surface area (Å²) in [5.41, 5.74) is 1.42. The molecule has 0 spiro atoms. The van der Waals surface area contributed by atoms with E-state index in [-0.39, 0.29) is 0 Å². The van der Waals surface area contributed by atoms with Gasteiger partial charge >= 0.3 is 0 Å². The second-order valence-corrected chi connectivity index (χ2v) is 8.15. The molecule has 0 bridgehead atoms. The Morgan fingerprint density at radius 3 is 1.96 bits per heavy atom. The summed E-state index contributed by atoms with van der Waals surface area (Å²) in [7, 11) is 0. The SMILES string of the molecule is CCCCCCCCC1N(CCCCCCC)C=CN1Cc1ccccc1. The van der Waals surface area contributed by atoms with Crippen LogP contribution < -0.4 is 0 Å². The van der Waals surface area contributed by atoms with Crippen LogP contribution in [0.25, 0.3) is 0 Å². The van der Waals surface area contributed by atoms with Crippen molar-refractivity contribution in [2.24, 2.45) is 0 Å². The molecule has 1 unspecified atom stereocenters. The first-order valence-electron chi connectivity index (χ1n) is 11.6. The maximum Gasteiger partial charge on any atom is 0.101 e. The van der Waals surface area contributed by atoms with Gasteiger partial charge in [-0.1, -0.05) is 102 Å². The van der Waals surface area contributed by atoms with Crippen LogP contribution in [0.3, 0.4) is 0 Å². The van der Waals surface area contributed by atoms with E-state index in [1.807, 2.05) is 0 Å². The summed E-state index contributed by atoms with van der Waals surface area (Å²) >= 11 is 0. The number of hydrogen-bond acceptors (Lipinski definition) is 2. The van der Waals surface area contributed by atoms with Crippen LogP contribution in [-0.4, -0.2) is 22.5 Å². The minimum Gasteiger partial charge on any atom is -0.356 e. The molecule has 1 aliphatic rings. The predicted octanol–water partition coefficient (Wildman–Crippen LogP) is 7.32. The van der Waals surface area contributed by atoms with Crippen LogP contribution in [0.15, 0.2) is 42.7 Å². The maximum absolute atomic E-state index is 2.61. The third kappa shape index (κ3) is 8.41. The van der Waals surface area contributed by atoms with Crippen LogP contribution in [0.4, 0.5) is 0 Å². The first-order valence-corrected chi connectivity index (χ1v) is 11.6. The summed E-state index contributed by atoms with van der Waals surface area (Å²) in [6.07, 6.45) is 21.6. The van der Waals surface area contributed by atoms with Crippen LogP contribution in [-0.2, 0) is 6.54 Å². The Hall–Kier alpha value is -1.44. The largest absolute Gasteiger partial charge is 0.356 e. The monoisotopic (exact) mass is 370 g/mol. The smallest absolute Gasteiger partial charge is 0.101 e. The van der Waals surface area contributed by atoms with Crippen molar-refractivity contribution >= 4 is 0 Å². The predicted molar refractivity (Wildman–Crippen MR) is 118 cm³/mol. The van der Waals surface area contributed by atoms with Crippen LogP contribution in [0.5, 0.6) is 0 Å². The highest BCUT2D eigenvalue weighted by Crippen LogP contribution is 2.24. The summed E-state index contributed by atoms with van der Waals surface area (Å²) < 4.78 is 0. The molecule has 1 atom stereocenters. The Morgan fingerprint density at radius 1 is 0.667 bits per heavy atom. The lowest BCUT2D eigenvalue weighted by Crippen LogP contribution is -2.38. The average Bonchev–Trinajstić information content (AvgIpc) is 3.07. The van der Waals surface area contributed by atoms with Gasteiger partial charge in [0, 0.05) is 25.5 Å². The molecule has 1 aromatic rings. The quantitative estimate of drug-likeness (QED) is 0.298. The molecule has 1 aliphatic heterocycles. The molecule has 1 heterocycles. The number of unbranched alkanes of at least 4 members (excludes halogenated alkanes) is 9. The second-order valence-electron chi connectivity index (χ2n) is 8.15. The van der Waals surface area contributed by atoms with Gasteiger partial charge in [0.2, 0.25) is 0 Å². The molecular weight excluding hydrogens is 328 g/mol. The number of benzene rings is 1. The van der Waals surface area contributed by atoms with E-state index in [2.05, 4.69) is 66.4 Å². The molecule has 0 N–H and O–H groups in total. The van der Waals surface area contributed by atoms with Gasteiger partial charge in [-0.05, 0) is 24.8 Å². The minimum absolute atomic E-state index is 0.558. The van der Waals surface area contributed by atoms with Gasteiger partial charge in [-0.2, -0.15) is 0 Å². The van der Waals surface area contributed by atoms with Gasteiger partial charge in [0.1, 0.15) is 6.17 Å². The summed E-state index contributed by atoms with van der Waals surface area (Å²) in [4.78, 5) is 5.17. The molecule has 2 rings (SSSR count). The molecule has 0 saturated carbocycles. The molecule has 0 aromatic heterocycles. The number of hydrogen-bond donors (Lipinski definition) is 0. The average molecular weight is 371 g/mol. The molecular formula is C25H42N2. The van der Waals surface area contributed by atoms with Gasteiger partial charge in [-0.3, -0.25) is 0 Å². The first-order chi connectivity index (χ1) is 13.3. The van der Waals surface area contributed by atoms with Crippen molar-refractivity contribution in [2.75, 3.05) is 6.54 Å². The van der Waals surface area contributed by atoms with Gasteiger partial charge in [0.05, 0.1) is 0 Å². The molecule has 1 aromatic carbocycles. The standard InChI is InChI=1S/C25H42N2/c1-3-5-7-9-10-15-19-25-26(20-16-11-8-6-4-2)21-22-27(25)23-24-17-13-12-14-18-24/h12-14,17-18,21-22,25H,3-11,15-16,19-20,23H2,1-2H3. The molecule has 0 amide bonds. The molecule has 0 radical (unpaired) electrons. The van der Waals surface area contributed by atoms with Crippen molar-refractivity contribution in [1.82, 2.24) is 9.80 Å². The van der Waals surface area contributed by atoms with E-state index in [1.165, 1.54) is 89.2 Å². The number of rotatable bonds is 15. The van der Waals surface area contributed by atoms with Crippen LogP contribution in [0, 0.1) is 0 Å². The molecule has 27 heavy (non-hydrogen) atoms. The Labute approximate surface area is 168 Å². The fraction of sp³-hybridized carbons (Fsp3) is 0.680. The molecule has 0 saturated heterocycles. The van der Waals surface area contributed by atoms with E-state index in [0.29, 0.717) is 6.17 Å². The highest BCUT2D eigenvalue weighted by atomic mass is 15.4. The highest BCUT2D eigenvalue weighted by molar-refractivity contribution is 5.15. The van der Waals surface area contributed by atoms with Crippen molar-refractivity contribution in [3.05, 3.63) is 48.3 Å². The summed E-state index contributed by atoms with van der Waals surface area (Å²) in [6.45, 7) is 6.83. The van der Waals surface area contributed by atoms with E-state index in [0.717, 1.165) is 6.54 Å². The van der Waals surface area contributed by atoms with Gasteiger partial charge in [0.15, 0.2) is 0 Å². The van der Waals surface area contributed by atoms with E-state index < -0.39 is 0 Å². The Bertz CT molecular complexity index is 496. The van der Waals surface area contributed by atoms with E-state index in [1.54, 1.807) is 0 Å². The third-order valence-electron chi connectivity index (χ3n) is 5.76. The van der Waals surface area contributed by atoms with Crippen molar-refractivity contribution in [1.29, 1.82) is 0 Å². The van der Waals surface area contributed by atoms with Gasteiger partial charge in [-0.15, -0.1) is 0 Å². The van der Waals surface area contributed by atoms with Gasteiger partial charge < -0.3 is 9.80 Å². The van der Waals surface area contributed by atoms with Gasteiger partial charge in [-0.25, -0.2) is 0 Å². The Balaban J connectivity index is 1.81. The van der Waals surface area contributed by atoms with Crippen molar-refractivity contribution < 1.29 is 0 Å². The third-order valence-corrected chi connectivity index (χ3v) is 5.76. The minimum atomic E-state index is 0.558. The van der Waals surface area contributed by atoms with Crippen LogP contribution >= 0.6 is 0 Å². The molecule has 2 nitrogen and oxygen atoms in total. The van der Waals surface area contributed by atoms with Crippen LogP contribution in [0.1, 0.15) is 96.5 Å². The zero-order valence-corrected chi connectivity index (χ0v) is 17.9. The normalized spacial score (nSPS) is 16.4. The molecule has 2 heteroatoms. The van der Waals surface area contributed by atoms with Gasteiger partial charge in [0.25, 0.3) is 0 Å². The Kier molecular flexibility index (Phi) is 11.1. The molecule has 152 valence electrons. The van der Waals surface area contributed by atoms with Crippen molar-refractivity contribution in [3.8, 4) is 0 Å². The van der Waals surface area contributed by atoms with E-state index in [4.69, 9.17) is 0 Å².